The summed E-state index contributed by atoms with van der Waals surface area (Å²) in [6, 6.07) is 4.97. The SMILES string of the molecule is Cc1cccc(OCCNCCS(C)(=O)=O)c1F. The Morgan fingerprint density at radius 2 is 2.06 bits per heavy atom. The molecule has 0 aliphatic carbocycles. The molecule has 6 heteroatoms. The number of hydrogen-bond acceptors (Lipinski definition) is 4. The van der Waals surface area contributed by atoms with E-state index in [2.05, 4.69) is 5.32 Å². The van der Waals surface area contributed by atoms with E-state index in [1.165, 1.54) is 6.26 Å². The molecule has 0 unspecified atom stereocenters. The molecule has 1 aromatic carbocycles. The maximum Gasteiger partial charge on any atom is 0.167 e. The Morgan fingerprint density at radius 3 is 2.72 bits per heavy atom. The molecule has 0 spiro atoms. The van der Waals surface area contributed by atoms with E-state index in [0.717, 1.165) is 0 Å². The molecule has 18 heavy (non-hydrogen) atoms. The number of halogens is 1. The normalized spacial score (nSPS) is 11.5. The average Bonchev–Trinajstić information content (AvgIpc) is 2.27. The highest BCUT2D eigenvalue weighted by Gasteiger charge is 2.05. The highest BCUT2D eigenvalue weighted by Crippen LogP contribution is 2.19. The fourth-order valence-corrected chi connectivity index (χ4v) is 1.86. The van der Waals surface area contributed by atoms with E-state index in [4.69, 9.17) is 4.74 Å². The van der Waals surface area contributed by atoms with Crippen LogP contribution in [-0.2, 0) is 9.84 Å². The van der Waals surface area contributed by atoms with Crippen LogP contribution in [0.3, 0.4) is 0 Å². The van der Waals surface area contributed by atoms with Crippen LogP contribution in [0.15, 0.2) is 18.2 Å². The van der Waals surface area contributed by atoms with Crippen LogP contribution in [0, 0.1) is 12.7 Å². The standard InChI is InChI=1S/C12H18FNO3S/c1-10-4-3-5-11(12(10)13)17-8-6-14-7-9-18(2,15)16/h3-5,14H,6-9H2,1-2H3. The molecule has 0 aliphatic heterocycles. The van der Waals surface area contributed by atoms with Gasteiger partial charge in [0.25, 0.3) is 0 Å². The van der Waals surface area contributed by atoms with Crippen molar-refractivity contribution in [3.8, 4) is 5.75 Å². The highest BCUT2D eigenvalue weighted by molar-refractivity contribution is 7.90. The van der Waals surface area contributed by atoms with Crippen LogP contribution in [0.25, 0.3) is 0 Å². The lowest BCUT2D eigenvalue weighted by Gasteiger charge is -2.09. The summed E-state index contributed by atoms with van der Waals surface area (Å²) < 4.78 is 40.5. The summed E-state index contributed by atoms with van der Waals surface area (Å²) in [4.78, 5) is 0. The van der Waals surface area contributed by atoms with Crippen LogP contribution >= 0.6 is 0 Å². The van der Waals surface area contributed by atoms with E-state index >= 15 is 0 Å². The largest absolute Gasteiger partial charge is 0.489 e. The van der Waals surface area contributed by atoms with Gasteiger partial charge in [-0.1, -0.05) is 12.1 Å². The third-order valence-corrected chi connectivity index (χ3v) is 3.29. The zero-order valence-electron chi connectivity index (χ0n) is 10.6. The number of aryl methyl sites for hydroxylation is 1. The summed E-state index contributed by atoms with van der Waals surface area (Å²) in [6.07, 6.45) is 1.19. The van der Waals surface area contributed by atoms with Gasteiger partial charge < -0.3 is 10.1 Å². The van der Waals surface area contributed by atoms with Gasteiger partial charge in [-0.05, 0) is 18.6 Å². The molecular weight excluding hydrogens is 257 g/mol. The van der Waals surface area contributed by atoms with Crippen molar-refractivity contribution < 1.29 is 17.5 Å². The molecule has 0 fully saturated rings. The molecule has 0 aromatic heterocycles. The maximum atomic E-state index is 13.5. The van der Waals surface area contributed by atoms with Gasteiger partial charge in [-0.25, -0.2) is 12.8 Å². The quantitative estimate of drug-likeness (QED) is 0.758. The van der Waals surface area contributed by atoms with Crippen LogP contribution in [0.2, 0.25) is 0 Å². The Labute approximate surface area is 107 Å². The van der Waals surface area contributed by atoms with E-state index in [-0.39, 0.29) is 17.3 Å². The first-order valence-corrected chi connectivity index (χ1v) is 7.72. The zero-order chi connectivity index (χ0) is 13.6. The van der Waals surface area contributed by atoms with Gasteiger partial charge in [0.05, 0.1) is 5.75 Å². The Morgan fingerprint density at radius 1 is 1.33 bits per heavy atom. The summed E-state index contributed by atoms with van der Waals surface area (Å²) in [5, 5.41) is 2.92. The second kappa shape index (κ2) is 6.70. The summed E-state index contributed by atoms with van der Waals surface area (Å²) in [5.41, 5.74) is 0.539. The Balaban J connectivity index is 2.24. The third-order valence-electron chi connectivity index (χ3n) is 2.34. The fraction of sp³-hybridized carbons (Fsp3) is 0.500. The van der Waals surface area contributed by atoms with Gasteiger partial charge in [0, 0.05) is 19.3 Å². The number of ether oxygens (including phenoxy) is 1. The van der Waals surface area contributed by atoms with Crippen molar-refractivity contribution in [3.63, 3.8) is 0 Å². The lowest BCUT2D eigenvalue weighted by molar-refractivity contribution is 0.299. The van der Waals surface area contributed by atoms with E-state index in [1.54, 1.807) is 25.1 Å². The van der Waals surface area contributed by atoms with Crippen molar-refractivity contribution in [3.05, 3.63) is 29.6 Å². The van der Waals surface area contributed by atoms with E-state index < -0.39 is 9.84 Å². The van der Waals surface area contributed by atoms with Crippen molar-refractivity contribution >= 4 is 9.84 Å². The molecule has 0 amide bonds. The molecule has 1 rings (SSSR count). The van der Waals surface area contributed by atoms with Crippen LogP contribution in [0.1, 0.15) is 5.56 Å². The Bertz CT molecular complexity index is 488. The first-order chi connectivity index (χ1) is 8.40. The minimum absolute atomic E-state index is 0.0891. The molecule has 0 saturated carbocycles. The Hall–Kier alpha value is -1.14. The van der Waals surface area contributed by atoms with Crippen LogP contribution in [0.5, 0.6) is 5.75 Å². The zero-order valence-corrected chi connectivity index (χ0v) is 11.4. The van der Waals surface area contributed by atoms with Gasteiger partial charge in [0.2, 0.25) is 0 Å². The molecule has 0 saturated heterocycles. The number of benzene rings is 1. The highest BCUT2D eigenvalue weighted by atomic mass is 32.2. The summed E-state index contributed by atoms with van der Waals surface area (Å²) >= 11 is 0. The minimum Gasteiger partial charge on any atom is -0.489 e. The van der Waals surface area contributed by atoms with E-state index in [1.807, 2.05) is 0 Å². The number of hydrogen-bond donors (Lipinski definition) is 1. The number of nitrogens with one attached hydrogen (secondary N) is 1. The topological polar surface area (TPSA) is 55.4 Å². The predicted octanol–water partition coefficient (Wildman–Crippen LogP) is 1.15. The van der Waals surface area contributed by atoms with Crippen molar-refractivity contribution in [1.29, 1.82) is 0 Å². The lowest BCUT2D eigenvalue weighted by Crippen LogP contribution is -2.26. The molecule has 0 radical (unpaired) electrons. The van der Waals surface area contributed by atoms with Crippen molar-refractivity contribution in [2.24, 2.45) is 0 Å². The van der Waals surface area contributed by atoms with E-state index in [0.29, 0.717) is 25.3 Å². The lowest BCUT2D eigenvalue weighted by atomic mass is 10.2. The monoisotopic (exact) mass is 275 g/mol. The van der Waals surface area contributed by atoms with Gasteiger partial charge >= 0.3 is 0 Å². The number of rotatable bonds is 7. The molecule has 0 bridgehead atoms. The van der Waals surface area contributed by atoms with Crippen molar-refractivity contribution in [1.82, 2.24) is 5.32 Å². The summed E-state index contributed by atoms with van der Waals surface area (Å²) in [7, 11) is -2.94. The molecule has 4 nitrogen and oxygen atoms in total. The predicted molar refractivity (Wildman–Crippen MR) is 69.2 cm³/mol. The van der Waals surface area contributed by atoms with Crippen molar-refractivity contribution in [2.75, 3.05) is 31.7 Å². The third kappa shape index (κ3) is 5.46. The average molecular weight is 275 g/mol. The number of sulfone groups is 1. The van der Waals surface area contributed by atoms with Gasteiger partial charge in [0.1, 0.15) is 16.4 Å². The second-order valence-corrected chi connectivity index (χ2v) is 6.38. The van der Waals surface area contributed by atoms with Gasteiger partial charge in [-0.3, -0.25) is 0 Å². The fourth-order valence-electron chi connectivity index (χ4n) is 1.35. The first kappa shape index (κ1) is 14.9. The van der Waals surface area contributed by atoms with Crippen LogP contribution in [-0.4, -0.2) is 40.1 Å². The molecule has 102 valence electrons. The van der Waals surface area contributed by atoms with Gasteiger partial charge in [-0.15, -0.1) is 0 Å². The van der Waals surface area contributed by atoms with Crippen molar-refractivity contribution in [2.45, 2.75) is 6.92 Å². The molecule has 0 aliphatic rings. The van der Waals surface area contributed by atoms with E-state index in [9.17, 15) is 12.8 Å². The minimum atomic E-state index is -2.94. The summed E-state index contributed by atoms with van der Waals surface area (Å²) in [5.74, 6) is -0.0419. The summed E-state index contributed by atoms with van der Waals surface area (Å²) in [6.45, 7) is 2.82. The molecule has 1 N–H and O–H groups in total. The first-order valence-electron chi connectivity index (χ1n) is 5.66. The molecule has 0 heterocycles. The van der Waals surface area contributed by atoms with Crippen LogP contribution < -0.4 is 10.1 Å². The molecule has 1 aromatic rings. The second-order valence-electron chi connectivity index (χ2n) is 4.12. The molecule has 0 atom stereocenters. The van der Waals surface area contributed by atoms with Crippen LogP contribution in [0.4, 0.5) is 4.39 Å². The van der Waals surface area contributed by atoms with Gasteiger partial charge in [-0.2, -0.15) is 0 Å². The molecular formula is C12H18FNO3S. The smallest absolute Gasteiger partial charge is 0.167 e. The maximum absolute atomic E-state index is 13.5. The Kier molecular flexibility index (Phi) is 5.55. The van der Waals surface area contributed by atoms with Gasteiger partial charge in [0.15, 0.2) is 11.6 Å².